The lowest BCUT2D eigenvalue weighted by Crippen LogP contribution is -2.50. The number of ether oxygens (including phenoxy) is 2. The molecule has 0 unspecified atom stereocenters. The number of carbonyl (C=O) groups excluding carboxylic acids is 2. The van der Waals surface area contributed by atoms with Crippen molar-refractivity contribution in [3.63, 3.8) is 0 Å². The van der Waals surface area contributed by atoms with Gasteiger partial charge in [-0.1, -0.05) is 79.2 Å². The summed E-state index contributed by atoms with van der Waals surface area (Å²) in [6.07, 6.45) is 4.26. The lowest BCUT2D eigenvalue weighted by atomic mass is 9.97. The second-order valence-corrected chi connectivity index (χ2v) is 18.7. The van der Waals surface area contributed by atoms with Crippen molar-refractivity contribution in [1.29, 1.82) is 0 Å². The minimum Gasteiger partial charge on any atom is -0.496 e. The van der Waals surface area contributed by atoms with Gasteiger partial charge in [0.05, 0.1) is 48.6 Å². The molecule has 0 atom stereocenters. The highest BCUT2D eigenvalue weighted by Gasteiger charge is 2.21. The molecule has 2 aromatic heterocycles. The average molecular weight is 1140 g/mol. The zero-order chi connectivity index (χ0) is 52.2. The number of carbonyl (C=O) groups is 2. The third-order valence-corrected chi connectivity index (χ3v) is 12.5. The van der Waals surface area contributed by atoms with Gasteiger partial charge in [-0.05, 0) is 108 Å². The number of rotatable bonds is 11. The number of hydrogen-bond acceptors (Lipinski definition) is 9. The van der Waals surface area contributed by atoms with Crippen LogP contribution in [-0.2, 0) is 25.9 Å². The third kappa shape index (κ3) is 19.0. The number of nitrogens with two attached hydrogens (primary N) is 1. The summed E-state index contributed by atoms with van der Waals surface area (Å²) in [5, 5.41) is 3.87. The van der Waals surface area contributed by atoms with Gasteiger partial charge in [0, 0.05) is 94.2 Å². The monoisotopic (exact) mass is 1140 g/mol. The van der Waals surface area contributed by atoms with Gasteiger partial charge in [0.2, 0.25) is 0 Å². The Balaban J connectivity index is 0.000000315. The molecule has 400 valence electrons. The molecule has 8 rings (SSSR count). The van der Waals surface area contributed by atoms with Crippen LogP contribution in [0.15, 0.2) is 109 Å². The third-order valence-electron chi connectivity index (χ3n) is 11.8. The fourth-order valence-corrected chi connectivity index (χ4v) is 8.25. The maximum atomic E-state index is 15.5. The van der Waals surface area contributed by atoms with E-state index in [2.05, 4.69) is 32.1 Å². The normalized spacial score (nSPS) is 13.2. The summed E-state index contributed by atoms with van der Waals surface area (Å²) in [5.41, 5.74) is 12.1. The molecule has 3 amide bonds. The van der Waals surface area contributed by atoms with E-state index < -0.39 is 0 Å². The van der Waals surface area contributed by atoms with Gasteiger partial charge in [-0.3, -0.25) is 14.8 Å². The van der Waals surface area contributed by atoms with Crippen LogP contribution in [0, 0.1) is 11.6 Å². The van der Waals surface area contributed by atoms with E-state index in [0.717, 1.165) is 74.9 Å². The molecule has 6 aromatic rings. The molecule has 2 saturated heterocycles. The second-order valence-electron chi connectivity index (χ2n) is 16.7. The van der Waals surface area contributed by atoms with Gasteiger partial charge < -0.3 is 40.1 Å². The quantitative estimate of drug-likeness (QED) is 0.0740. The minimum absolute atomic E-state index is 0. The molecule has 0 saturated carbocycles. The first-order valence-corrected chi connectivity index (χ1v) is 25.1. The molecule has 3 N–H and O–H groups in total. The van der Waals surface area contributed by atoms with E-state index >= 15 is 8.78 Å². The van der Waals surface area contributed by atoms with Crippen LogP contribution in [0.2, 0.25) is 10.0 Å². The van der Waals surface area contributed by atoms with Gasteiger partial charge in [-0.15, -0.1) is 35.6 Å². The standard InChI is InChI=1S/C26H28ClFN4O2.C20H18ClFN2O.C6H11ClN2O.CH2Cl2.CH4.ClH/c1-31-10-12-32(13-11-31)26(33)30-17-22-8-6-18(16-29-22)14-20-7-9-23(34-2)24(25(20)28)19-4-3-5-21(27)15-19;1-25-18-8-6-15(9-13-5-7-17(11-23)24-12-13)20(22)19(18)14-3-2-4-16(21)10-14;1-8-2-4-9(5-3-8)6(7)10;2-1-3;;/h3-9,15-16H,10-14,17H2,1-2H3,(H,30,33);2-8,10,12H,9,11,23H2,1H3;2-5H2,1H3;1H2;1H4;1H. The van der Waals surface area contributed by atoms with Crippen LogP contribution in [0.25, 0.3) is 22.3 Å². The fourth-order valence-electron chi connectivity index (χ4n) is 7.70. The Bertz CT molecular complexity index is 2680. The van der Waals surface area contributed by atoms with Crippen LogP contribution in [0.3, 0.4) is 0 Å². The van der Waals surface area contributed by atoms with E-state index in [4.69, 9.17) is 73.2 Å². The number of urea groups is 1. The Labute approximate surface area is 465 Å². The molecule has 20 heteroatoms. The second kappa shape index (κ2) is 32.4. The highest BCUT2D eigenvalue weighted by molar-refractivity contribution is 6.62. The fraction of sp³-hybridized carbons (Fsp3) is 0.333. The van der Waals surface area contributed by atoms with Crippen molar-refractivity contribution in [3.05, 3.63) is 165 Å². The molecule has 4 heterocycles. The first-order valence-electron chi connectivity index (χ1n) is 22.9. The van der Waals surface area contributed by atoms with Gasteiger partial charge in [-0.2, -0.15) is 0 Å². The van der Waals surface area contributed by atoms with Crippen LogP contribution in [0.1, 0.15) is 41.1 Å². The zero-order valence-corrected chi connectivity index (χ0v) is 45.6. The Morgan fingerprint density at radius 2 is 1.07 bits per heavy atom. The minimum atomic E-state index is -0.342. The van der Waals surface area contributed by atoms with Crippen molar-refractivity contribution in [2.75, 3.05) is 86.0 Å². The van der Waals surface area contributed by atoms with E-state index in [-0.39, 0.29) is 48.2 Å². The van der Waals surface area contributed by atoms with Crippen molar-refractivity contribution in [2.24, 2.45) is 5.73 Å². The topological polar surface area (TPSA) is 129 Å². The first-order chi connectivity index (χ1) is 34.7. The molecule has 4 aromatic carbocycles. The van der Waals surface area contributed by atoms with Crippen molar-refractivity contribution in [1.82, 2.24) is 34.9 Å². The van der Waals surface area contributed by atoms with Crippen LogP contribution < -0.4 is 20.5 Å². The van der Waals surface area contributed by atoms with E-state index in [1.54, 1.807) is 78.0 Å². The molecule has 2 aliphatic rings. The van der Waals surface area contributed by atoms with Crippen molar-refractivity contribution in [2.45, 2.75) is 33.4 Å². The summed E-state index contributed by atoms with van der Waals surface area (Å²) >= 11 is 27.0. The van der Waals surface area contributed by atoms with E-state index in [0.29, 0.717) is 80.9 Å². The molecule has 0 spiro atoms. The molecule has 2 aliphatic heterocycles. The molecule has 0 aliphatic carbocycles. The Hall–Kier alpha value is -5.00. The molecule has 12 nitrogen and oxygen atoms in total. The summed E-state index contributed by atoms with van der Waals surface area (Å²) < 4.78 is 41.5. The van der Waals surface area contributed by atoms with E-state index in [9.17, 15) is 9.59 Å². The van der Waals surface area contributed by atoms with Crippen LogP contribution >= 0.6 is 70.4 Å². The lowest BCUT2D eigenvalue weighted by Gasteiger charge is -2.32. The maximum absolute atomic E-state index is 15.5. The summed E-state index contributed by atoms with van der Waals surface area (Å²) in [6, 6.07) is 28.6. The summed E-state index contributed by atoms with van der Waals surface area (Å²) in [4.78, 5) is 39.5. The molecule has 0 bridgehead atoms. The number of alkyl halides is 2. The number of amides is 3. The van der Waals surface area contributed by atoms with Crippen molar-refractivity contribution < 1.29 is 27.8 Å². The van der Waals surface area contributed by atoms with Crippen LogP contribution in [0.4, 0.5) is 18.4 Å². The molecule has 0 radical (unpaired) electrons. The highest BCUT2D eigenvalue weighted by atomic mass is 35.5. The van der Waals surface area contributed by atoms with Crippen LogP contribution in [-0.4, -0.2) is 127 Å². The number of methoxy groups -OCH3 is 2. The van der Waals surface area contributed by atoms with Gasteiger partial charge in [0.25, 0.3) is 0 Å². The highest BCUT2D eigenvalue weighted by Crippen LogP contribution is 2.37. The number of nitrogens with zero attached hydrogens (tertiary/aromatic N) is 6. The van der Waals surface area contributed by atoms with E-state index in [1.165, 1.54) is 14.2 Å². The smallest absolute Gasteiger partial charge is 0.317 e. The van der Waals surface area contributed by atoms with Gasteiger partial charge in [-0.25, -0.2) is 13.6 Å². The SMILES string of the molecule is C.CN1CCN(C(=O)Cl)CC1.COc1ccc(Cc2ccc(CN)nc2)c(F)c1-c1cccc(Cl)c1.COc1ccc(Cc2ccc(CNC(=O)N3CCN(C)CC3)nc2)c(F)c1-c1cccc(Cl)c1.Cl.ClCCl. The molecular formula is C54H64Cl6F2N8O4. The van der Waals surface area contributed by atoms with Gasteiger partial charge in [0.15, 0.2) is 0 Å². The predicted octanol–water partition coefficient (Wildman–Crippen LogP) is 12.3. The number of halogens is 8. The van der Waals surface area contributed by atoms with Crippen molar-refractivity contribution in [3.8, 4) is 33.8 Å². The first kappa shape index (κ1) is 63.3. The number of aromatic nitrogens is 2. The van der Waals surface area contributed by atoms with E-state index in [1.807, 2.05) is 48.3 Å². The average Bonchev–Trinajstić information content (AvgIpc) is 3.38. The largest absolute Gasteiger partial charge is 0.496 e. The number of nitrogens with one attached hydrogen (secondary N) is 1. The zero-order valence-electron chi connectivity index (χ0n) is 41.0. The number of piperazine rings is 2. The number of likely N-dealkylation sites (N-methyl/N-ethyl adjacent to an activating group) is 2. The Morgan fingerprint density at radius 1 is 0.649 bits per heavy atom. The summed E-state index contributed by atoms with van der Waals surface area (Å²) in [7, 11) is 7.14. The number of pyridine rings is 2. The summed E-state index contributed by atoms with van der Waals surface area (Å²) in [6.45, 7) is 7.31. The Kier molecular flexibility index (Phi) is 27.7. The summed E-state index contributed by atoms with van der Waals surface area (Å²) in [5.74, 6) is 0.267. The molecule has 2 fully saturated rings. The number of hydrogen-bond donors (Lipinski definition) is 2. The van der Waals surface area contributed by atoms with Gasteiger partial charge in [0.1, 0.15) is 23.1 Å². The molecule has 74 heavy (non-hydrogen) atoms. The van der Waals surface area contributed by atoms with Crippen LogP contribution in [0.5, 0.6) is 11.5 Å². The molecular weight excluding hydrogens is 1080 g/mol. The van der Waals surface area contributed by atoms with Crippen molar-refractivity contribution >= 4 is 81.8 Å². The Morgan fingerprint density at radius 3 is 1.43 bits per heavy atom. The van der Waals surface area contributed by atoms with Gasteiger partial charge >= 0.3 is 11.4 Å². The lowest BCUT2D eigenvalue weighted by molar-refractivity contribution is 0.154. The maximum Gasteiger partial charge on any atom is 0.317 e. The number of benzene rings is 4. The predicted molar refractivity (Wildman–Crippen MR) is 301 cm³/mol.